The number of aliphatic hydroxyl groups is 2. The van der Waals surface area contributed by atoms with Crippen LogP contribution in [-0.4, -0.2) is 88.3 Å². The van der Waals surface area contributed by atoms with Gasteiger partial charge in [0.1, 0.15) is 22.8 Å². The fraction of sp³-hybridized carbons (Fsp3) is 0.385. The summed E-state index contributed by atoms with van der Waals surface area (Å²) in [6.45, 7) is 0. The molecule has 4 rings (SSSR count). The van der Waals surface area contributed by atoms with E-state index in [1.54, 1.807) is 34.3 Å². The third-order valence-corrected chi connectivity index (χ3v) is 7.59. The molecule has 0 bridgehead atoms. The quantitative estimate of drug-likeness (QED) is 0.240. The Morgan fingerprint density at radius 1 is 1.16 bits per heavy atom. The van der Waals surface area contributed by atoms with E-state index in [0.29, 0.717) is 11.1 Å². The molecule has 0 radical (unpaired) electrons. The first kappa shape index (κ1) is 26.9. The SMILES string of the molecule is CN(C)C(=O)/C=C/c1ccc(O)c2c1C[C@H]1C[C@H]3[C@H](N(C)C)C(N=O)=C(C(N)=O)C(=O)[C@@]3(O)C(O)=C1C2=O. The fourth-order valence-corrected chi connectivity index (χ4v) is 5.84. The summed E-state index contributed by atoms with van der Waals surface area (Å²) >= 11 is 0. The maximum Gasteiger partial charge on any atom is 0.254 e. The minimum atomic E-state index is -2.72. The highest BCUT2D eigenvalue weighted by molar-refractivity contribution is 6.25. The van der Waals surface area contributed by atoms with Gasteiger partial charge in [-0.3, -0.25) is 19.2 Å². The number of hydrogen-bond donors (Lipinski definition) is 4. The van der Waals surface area contributed by atoms with Crippen molar-refractivity contribution in [3.05, 3.63) is 62.4 Å². The van der Waals surface area contributed by atoms with Crippen molar-refractivity contribution >= 4 is 29.5 Å². The highest BCUT2D eigenvalue weighted by atomic mass is 16.3. The molecule has 0 fully saturated rings. The van der Waals surface area contributed by atoms with E-state index < -0.39 is 58.0 Å². The van der Waals surface area contributed by atoms with Gasteiger partial charge in [0.15, 0.2) is 11.4 Å². The van der Waals surface area contributed by atoms with Gasteiger partial charge in [-0.15, -0.1) is 4.91 Å². The second kappa shape index (κ2) is 9.30. The first-order chi connectivity index (χ1) is 17.8. The number of allylic oxidation sites excluding steroid dienone is 1. The summed E-state index contributed by atoms with van der Waals surface area (Å²) in [7, 11) is 6.26. The molecule has 0 saturated heterocycles. The summed E-state index contributed by atoms with van der Waals surface area (Å²) in [5.41, 5.74) is 1.87. The Balaban J connectivity index is 1.93. The third kappa shape index (κ3) is 3.75. The number of carbonyl (C=O) groups excluding carboxylic acids is 4. The largest absolute Gasteiger partial charge is 0.508 e. The summed E-state index contributed by atoms with van der Waals surface area (Å²) in [4.78, 5) is 65.9. The molecule has 0 aromatic heterocycles. The first-order valence-corrected chi connectivity index (χ1v) is 11.8. The Hall–Kier alpha value is -4.16. The summed E-state index contributed by atoms with van der Waals surface area (Å²) in [6.07, 6.45) is 2.91. The van der Waals surface area contributed by atoms with E-state index in [1.807, 2.05) is 0 Å². The van der Waals surface area contributed by atoms with Crippen LogP contribution in [0.25, 0.3) is 6.08 Å². The average Bonchev–Trinajstić information content (AvgIpc) is 2.84. The summed E-state index contributed by atoms with van der Waals surface area (Å²) in [5.74, 6) is -6.91. The topological polar surface area (TPSA) is 191 Å². The molecule has 12 heteroatoms. The molecule has 0 unspecified atom stereocenters. The number of Topliss-reactive ketones (excluding diaryl/α,β-unsaturated/α-hetero) is 2. The lowest BCUT2D eigenvalue weighted by atomic mass is 9.58. The zero-order valence-electron chi connectivity index (χ0n) is 21.3. The lowest BCUT2D eigenvalue weighted by Crippen LogP contribution is -2.63. The number of carbonyl (C=O) groups is 4. The first-order valence-electron chi connectivity index (χ1n) is 11.8. The molecule has 0 spiro atoms. The smallest absolute Gasteiger partial charge is 0.254 e. The van der Waals surface area contributed by atoms with Gasteiger partial charge in [-0.1, -0.05) is 6.07 Å². The second-order valence-electron chi connectivity index (χ2n) is 10.1. The number of nitrogens with two attached hydrogens (primary N) is 1. The molecule has 3 aliphatic carbocycles. The number of amides is 2. The lowest BCUT2D eigenvalue weighted by Gasteiger charge is -2.50. The van der Waals surface area contributed by atoms with E-state index in [-0.39, 0.29) is 35.6 Å². The van der Waals surface area contributed by atoms with Crippen LogP contribution in [0.15, 0.2) is 46.0 Å². The van der Waals surface area contributed by atoms with Crippen LogP contribution in [0.2, 0.25) is 0 Å². The Kier molecular flexibility index (Phi) is 6.58. The molecule has 0 heterocycles. The van der Waals surface area contributed by atoms with Crippen LogP contribution in [0.4, 0.5) is 0 Å². The van der Waals surface area contributed by atoms with Gasteiger partial charge in [0.25, 0.3) is 5.91 Å². The monoisotopic (exact) mass is 524 g/mol. The van der Waals surface area contributed by atoms with Gasteiger partial charge >= 0.3 is 0 Å². The van der Waals surface area contributed by atoms with Gasteiger partial charge in [0.05, 0.1) is 11.6 Å². The van der Waals surface area contributed by atoms with Crippen LogP contribution >= 0.6 is 0 Å². The molecule has 12 nitrogen and oxygen atoms in total. The van der Waals surface area contributed by atoms with Gasteiger partial charge in [0, 0.05) is 31.7 Å². The maximum atomic E-state index is 13.7. The number of rotatable bonds is 5. The van der Waals surface area contributed by atoms with Gasteiger partial charge < -0.3 is 30.9 Å². The molecule has 3 aliphatic rings. The van der Waals surface area contributed by atoms with Crippen molar-refractivity contribution < 1.29 is 34.5 Å². The number of phenols is 1. The van der Waals surface area contributed by atoms with Crippen LogP contribution in [0.5, 0.6) is 5.75 Å². The second-order valence-corrected chi connectivity index (χ2v) is 10.1. The number of nitroso groups, excluding NO2 is 1. The average molecular weight is 525 g/mol. The van der Waals surface area contributed by atoms with Crippen LogP contribution in [0, 0.1) is 16.7 Å². The standard InChI is InChI=1S/C26H28N4O8/c1-29(2)16(32)8-6-11-5-7-15(31)18-13(11)9-12-10-14-21(30(3)4)20(28-38)19(25(27)36)24(35)26(14,37)23(34)17(12)22(18)33/h5-8,12,14,21,31,34,37H,9-10H2,1-4H3,(H2,27,36)/b8-6+/t12-,14-,21-,26-/m0/s1. The van der Waals surface area contributed by atoms with Crippen molar-refractivity contribution in [1.29, 1.82) is 0 Å². The Labute approximate surface area is 217 Å². The van der Waals surface area contributed by atoms with E-state index in [4.69, 9.17) is 5.73 Å². The molecule has 5 N–H and O–H groups in total. The Morgan fingerprint density at radius 2 is 1.82 bits per heavy atom. The maximum absolute atomic E-state index is 13.7. The van der Waals surface area contributed by atoms with Crippen LogP contribution < -0.4 is 5.73 Å². The summed E-state index contributed by atoms with van der Waals surface area (Å²) < 4.78 is 0. The number of nitrogens with zero attached hydrogens (tertiary/aromatic N) is 3. The van der Waals surface area contributed by atoms with E-state index in [1.165, 1.54) is 28.0 Å². The Bertz CT molecular complexity index is 1390. The molecule has 1 aromatic rings. The normalized spacial score (nSPS) is 26.8. The molecule has 200 valence electrons. The van der Waals surface area contributed by atoms with Crippen molar-refractivity contribution in [3.63, 3.8) is 0 Å². The number of fused-ring (bicyclic) bond motifs is 3. The van der Waals surface area contributed by atoms with Crippen LogP contribution in [0.3, 0.4) is 0 Å². The van der Waals surface area contributed by atoms with Crippen molar-refractivity contribution in [1.82, 2.24) is 9.80 Å². The van der Waals surface area contributed by atoms with Gasteiger partial charge in [0.2, 0.25) is 11.7 Å². The molecule has 0 aliphatic heterocycles. The molecule has 38 heavy (non-hydrogen) atoms. The predicted octanol–water partition coefficient (Wildman–Crippen LogP) is 0.430. The lowest BCUT2D eigenvalue weighted by molar-refractivity contribution is -0.146. The molecular formula is C26H28N4O8. The highest BCUT2D eigenvalue weighted by Crippen LogP contribution is 2.52. The van der Waals surface area contributed by atoms with E-state index in [9.17, 15) is 39.4 Å². The number of aliphatic hydroxyl groups excluding tert-OH is 1. The Morgan fingerprint density at radius 3 is 2.37 bits per heavy atom. The number of ketones is 2. The fourth-order valence-electron chi connectivity index (χ4n) is 5.84. The minimum Gasteiger partial charge on any atom is -0.508 e. The zero-order valence-corrected chi connectivity index (χ0v) is 21.3. The predicted molar refractivity (Wildman–Crippen MR) is 135 cm³/mol. The van der Waals surface area contributed by atoms with Crippen molar-refractivity contribution in [3.8, 4) is 5.75 Å². The van der Waals surface area contributed by atoms with Crippen molar-refractivity contribution in [2.45, 2.75) is 24.5 Å². The molecule has 4 atom stereocenters. The number of benzene rings is 1. The van der Waals surface area contributed by atoms with E-state index in [2.05, 4.69) is 5.18 Å². The number of primary amides is 1. The van der Waals surface area contributed by atoms with Crippen LogP contribution in [-0.2, 0) is 20.8 Å². The minimum absolute atomic E-state index is 0.0455. The van der Waals surface area contributed by atoms with Gasteiger partial charge in [-0.25, -0.2) is 0 Å². The number of likely N-dealkylation sites (N-methyl/N-ethyl adjacent to an activating group) is 2. The number of phenolic OH excluding ortho intramolecular Hbond substituents is 1. The number of hydrogen-bond acceptors (Lipinski definition) is 10. The summed E-state index contributed by atoms with van der Waals surface area (Å²) in [6, 6.07) is 1.75. The zero-order chi connectivity index (χ0) is 28.3. The molecule has 0 saturated carbocycles. The summed E-state index contributed by atoms with van der Waals surface area (Å²) in [5, 5.41) is 36.4. The van der Waals surface area contributed by atoms with Gasteiger partial charge in [-0.05, 0) is 61.3 Å². The number of aromatic hydroxyl groups is 1. The van der Waals surface area contributed by atoms with E-state index >= 15 is 0 Å². The van der Waals surface area contributed by atoms with Crippen LogP contribution in [0.1, 0.15) is 27.9 Å². The highest BCUT2D eigenvalue weighted by Gasteiger charge is 2.63. The molecular weight excluding hydrogens is 496 g/mol. The molecule has 2 amide bonds. The van der Waals surface area contributed by atoms with Crippen molar-refractivity contribution in [2.75, 3.05) is 28.2 Å². The van der Waals surface area contributed by atoms with E-state index in [0.717, 1.165) is 0 Å². The van der Waals surface area contributed by atoms with Crippen molar-refractivity contribution in [2.24, 2.45) is 22.7 Å². The molecule has 1 aromatic carbocycles. The van der Waals surface area contributed by atoms with Gasteiger partial charge in [-0.2, -0.15) is 0 Å². The third-order valence-electron chi connectivity index (χ3n) is 7.59.